The molecular weight excluding hydrogens is 272 g/mol. The highest BCUT2D eigenvalue weighted by atomic mass is 79.9. The quantitative estimate of drug-likeness (QED) is 0.819. The van der Waals surface area contributed by atoms with Crippen LogP contribution in [0.5, 0.6) is 0 Å². The third kappa shape index (κ3) is 2.91. The molecule has 0 aromatic carbocycles. The lowest BCUT2D eigenvalue weighted by atomic mass is 9.98. The zero-order valence-corrected chi connectivity index (χ0v) is 11.2. The largest absolute Gasteiger partial charge is 0.299 e. The number of carbonyl (C=O) groups excluding carboxylic acids is 1. The summed E-state index contributed by atoms with van der Waals surface area (Å²) in [5, 5.41) is 2.04. The van der Waals surface area contributed by atoms with Gasteiger partial charge in [0.2, 0.25) is 0 Å². The maximum atomic E-state index is 12.0. The van der Waals surface area contributed by atoms with E-state index < -0.39 is 0 Å². The maximum Gasteiger partial charge on any atom is 0.141 e. The summed E-state index contributed by atoms with van der Waals surface area (Å²) in [6.45, 7) is 2.25. The predicted molar refractivity (Wildman–Crippen MR) is 67.2 cm³/mol. The Morgan fingerprint density at radius 3 is 2.93 bits per heavy atom. The van der Waals surface area contributed by atoms with Gasteiger partial charge in [-0.05, 0) is 47.2 Å². The normalized spacial score (nSPS) is 25.7. The summed E-state index contributed by atoms with van der Waals surface area (Å²) in [5.74, 6) is 1.52. The third-order valence-electron chi connectivity index (χ3n) is 3.12. The predicted octanol–water partition coefficient (Wildman–Crippen LogP) is 4.06. The van der Waals surface area contributed by atoms with Gasteiger partial charge in [-0.1, -0.05) is 6.92 Å². The Bertz CT molecular complexity index is 358. The molecule has 2 unspecified atom stereocenters. The molecule has 0 spiro atoms. The van der Waals surface area contributed by atoms with Crippen LogP contribution in [0.3, 0.4) is 0 Å². The van der Waals surface area contributed by atoms with Crippen LogP contribution in [0.15, 0.2) is 15.9 Å². The fourth-order valence-electron chi connectivity index (χ4n) is 2.26. The lowest BCUT2D eigenvalue weighted by molar-refractivity contribution is -0.122. The van der Waals surface area contributed by atoms with Crippen LogP contribution in [0, 0.1) is 11.8 Å². The molecule has 0 radical (unpaired) electrons. The first kappa shape index (κ1) is 11.3. The van der Waals surface area contributed by atoms with Crippen molar-refractivity contribution in [3.63, 3.8) is 0 Å². The van der Waals surface area contributed by atoms with Gasteiger partial charge in [-0.3, -0.25) is 4.79 Å². The molecule has 1 nitrogen and oxygen atoms in total. The first-order chi connectivity index (χ1) is 7.15. The summed E-state index contributed by atoms with van der Waals surface area (Å²) in [7, 11) is 0. The van der Waals surface area contributed by atoms with Crippen LogP contribution in [0.4, 0.5) is 0 Å². The molecular formula is C12H15BrOS. The van der Waals surface area contributed by atoms with Crippen molar-refractivity contribution in [2.75, 3.05) is 0 Å². The number of Topliss-reactive ketones (excluding diaryl/α,β-unsaturated/α-hetero) is 1. The van der Waals surface area contributed by atoms with Gasteiger partial charge in [0.05, 0.1) is 0 Å². The van der Waals surface area contributed by atoms with Crippen molar-refractivity contribution in [3.8, 4) is 0 Å². The molecule has 0 N–H and O–H groups in total. The second-order valence-electron chi connectivity index (χ2n) is 4.49. The van der Waals surface area contributed by atoms with E-state index in [0.717, 1.165) is 23.2 Å². The van der Waals surface area contributed by atoms with Crippen molar-refractivity contribution < 1.29 is 4.79 Å². The maximum absolute atomic E-state index is 12.0. The summed E-state index contributed by atoms with van der Waals surface area (Å²) in [4.78, 5) is 13.1. The topological polar surface area (TPSA) is 17.1 Å². The van der Waals surface area contributed by atoms with Gasteiger partial charge in [0.15, 0.2) is 0 Å². The Kier molecular flexibility index (Phi) is 3.62. The van der Waals surface area contributed by atoms with E-state index in [-0.39, 0.29) is 0 Å². The molecule has 1 aromatic heterocycles. The summed E-state index contributed by atoms with van der Waals surface area (Å²) >= 11 is 5.08. The number of hydrogen-bond donors (Lipinski definition) is 0. The first-order valence-corrected chi connectivity index (χ1v) is 7.08. The Labute approximate surface area is 103 Å². The van der Waals surface area contributed by atoms with Crippen LogP contribution in [0.1, 0.15) is 31.1 Å². The van der Waals surface area contributed by atoms with Crippen LogP contribution in [0.2, 0.25) is 0 Å². The molecule has 15 heavy (non-hydrogen) atoms. The van der Waals surface area contributed by atoms with Crippen molar-refractivity contribution >= 4 is 33.0 Å². The Morgan fingerprint density at radius 2 is 2.40 bits per heavy atom. The highest BCUT2D eigenvalue weighted by Gasteiger charge is 2.27. The minimum Gasteiger partial charge on any atom is -0.299 e. The molecule has 1 fully saturated rings. The molecule has 0 saturated heterocycles. The molecule has 0 amide bonds. The van der Waals surface area contributed by atoms with Crippen LogP contribution in [0.25, 0.3) is 0 Å². The minimum atomic E-state index is 0.334. The average Bonchev–Trinajstić information content (AvgIpc) is 2.75. The van der Waals surface area contributed by atoms with Gasteiger partial charge in [-0.25, -0.2) is 0 Å². The SMILES string of the molecule is CC1CCC(C(=O)Cc2cc(Br)cs2)C1. The number of rotatable bonds is 3. The second kappa shape index (κ2) is 4.79. The third-order valence-corrected chi connectivity index (χ3v) is 4.82. The zero-order chi connectivity index (χ0) is 10.8. The Balaban J connectivity index is 1.92. The molecule has 2 atom stereocenters. The van der Waals surface area contributed by atoms with Crippen LogP contribution >= 0.6 is 27.3 Å². The van der Waals surface area contributed by atoms with Crippen molar-refractivity contribution in [2.24, 2.45) is 11.8 Å². The Hall–Kier alpha value is -0.150. The molecule has 2 rings (SSSR count). The number of hydrogen-bond acceptors (Lipinski definition) is 2. The van der Waals surface area contributed by atoms with Gasteiger partial charge < -0.3 is 0 Å². The molecule has 1 aromatic rings. The molecule has 1 aliphatic rings. The second-order valence-corrected chi connectivity index (χ2v) is 6.40. The van der Waals surface area contributed by atoms with Gasteiger partial charge in [0.25, 0.3) is 0 Å². The summed E-state index contributed by atoms with van der Waals surface area (Å²) < 4.78 is 1.09. The standard InChI is InChI=1S/C12H15BrOS/c1-8-2-3-9(4-8)12(14)6-11-5-10(13)7-15-11/h5,7-9H,2-4,6H2,1H3. The summed E-state index contributed by atoms with van der Waals surface area (Å²) in [6, 6.07) is 2.06. The monoisotopic (exact) mass is 286 g/mol. The summed E-state index contributed by atoms with van der Waals surface area (Å²) in [5.41, 5.74) is 0. The molecule has 0 bridgehead atoms. The number of halogens is 1. The van der Waals surface area contributed by atoms with E-state index >= 15 is 0 Å². The molecule has 0 aliphatic heterocycles. The smallest absolute Gasteiger partial charge is 0.141 e. The minimum absolute atomic E-state index is 0.334. The van der Waals surface area contributed by atoms with E-state index in [2.05, 4.69) is 28.9 Å². The van der Waals surface area contributed by atoms with Crippen molar-refractivity contribution in [1.29, 1.82) is 0 Å². The van der Waals surface area contributed by atoms with E-state index in [1.807, 2.05) is 5.38 Å². The number of thiophene rings is 1. The number of carbonyl (C=O) groups is 1. The van der Waals surface area contributed by atoms with Gasteiger partial charge >= 0.3 is 0 Å². The van der Waals surface area contributed by atoms with Crippen LogP contribution in [-0.4, -0.2) is 5.78 Å². The van der Waals surface area contributed by atoms with E-state index in [1.54, 1.807) is 11.3 Å². The van der Waals surface area contributed by atoms with Crippen LogP contribution in [-0.2, 0) is 11.2 Å². The van der Waals surface area contributed by atoms with Crippen molar-refractivity contribution in [3.05, 3.63) is 20.8 Å². The van der Waals surface area contributed by atoms with Crippen LogP contribution < -0.4 is 0 Å². The van der Waals surface area contributed by atoms with Gasteiger partial charge in [0, 0.05) is 27.1 Å². The first-order valence-electron chi connectivity index (χ1n) is 5.41. The van der Waals surface area contributed by atoms with E-state index in [9.17, 15) is 4.79 Å². The highest BCUT2D eigenvalue weighted by Crippen LogP contribution is 2.32. The Morgan fingerprint density at radius 1 is 1.60 bits per heavy atom. The van der Waals surface area contributed by atoms with Gasteiger partial charge in [0.1, 0.15) is 5.78 Å². The lowest BCUT2D eigenvalue weighted by Gasteiger charge is -2.06. The van der Waals surface area contributed by atoms with Gasteiger partial charge in [-0.2, -0.15) is 0 Å². The highest BCUT2D eigenvalue weighted by molar-refractivity contribution is 9.10. The molecule has 1 saturated carbocycles. The molecule has 82 valence electrons. The fraction of sp³-hybridized carbons (Fsp3) is 0.583. The molecule has 1 aliphatic carbocycles. The van der Waals surface area contributed by atoms with Gasteiger partial charge in [-0.15, -0.1) is 11.3 Å². The van der Waals surface area contributed by atoms with E-state index in [4.69, 9.17) is 0 Å². The van der Waals surface area contributed by atoms with Crippen molar-refractivity contribution in [2.45, 2.75) is 32.6 Å². The molecule has 3 heteroatoms. The lowest BCUT2D eigenvalue weighted by Crippen LogP contribution is -2.13. The molecule has 1 heterocycles. The van der Waals surface area contributed by atoms with Crippen molar-refractivity contribution in [1.82, 2.24) is 0 Å². The zero-order valence-electron chi connectivity index (χ0n) is 8.83. The van der Waals surface area contributed by atoms with E-state index in [1.165, 1.54) is 11.3 Å². The average molecular weight is 287 g/mol. The summed E-state index contributed by atoms with van der Waals surface area (Å²) in [6.07, 6.45) is 4.07. The van der Waals surface area contributed by atoms with E-state index in [0.29, 0.717) is 18.1 Å². The number of ketones is 1. The fourth-order valence-corrected chi connectivity index (χ4v) is 3.72.